The van der Waals surface area contributed by atoms with Gasteiger partial charge in [0.1, 0.15) is 23.0 Å². The third-order valence-electron chi connectivity index (χ3n) is 5.93. The molecule has 0 fully saturated rings. The van der Waals surface area contributed by atoms with Crippen LogP contribution in [-0.2, 0) is 6.42 Å². The standard InChI is InChI=1S/C25H20F2N4O3/c1-13-6-7-22-28-11-20(31(22)12-13)25(34)29-19-9-16(17(26)10-18(19)27)24(33)30-23-15-5-3-2-4-14(15)8-21(23)32/h2-7,9-12,21,23,32H,8H2,1H3,(H,29,34)(H,30,33)/t21-,23+/m0/s1. The molecule has 2 heterocycles. The lowest BCUT2D eigenvalue weighted by Gasteiger charge is -2.18. The van der Waals surface area contributed by atoms with Crippen LogP contribution in [0, 0.1) is 18.6 Å². The number of halogens is 2. The van der Waals surface area contributed by atoms with Gasteiger partial charge in [-0.3, -0.25) is 14.0 Å². The minimum absolute atomic E-state index is 0.152. The maximum absolute atomic E-state index is 14.5. The molecule has 3 N–H and O–H groups in total. The van der Waals surface area contributed by atoms with Crippen LogP contribution in [0.25, 0.3) is 5.65 Å². The molecule has 2 amide bonds. The molecule has 7 nitrogen and oxygen atoms in total. The van der Waals surface area contributed by atoms with E-state index in [1.807, 2.05) is 25.1 Å². The number of nitrogens with zero attached hydrogens (tertiary/aromatic N) is 2. The summed E-state index contributed by atoms with van der Waals surface area (Å²) in [6.45, 7) is 1.85. The molecule has 0 aliphatic heterocycles. The van der Waals surface area contributed by atoms with Crippen molar-refractivity contribution >= 4 is 23.1 Å². The first kappa shape index (κ1) is 21.7. The van der Waals surface area contributed by atoms with Gasteiger partial charge in [-0.15, -0.1) is 0 Å². The monoisotopic (exact) mass is 462 g/mol. The number of rotatable bonds is 4. The fourth-order valence-corrected chi connectivity index (χ4v) is 4.23. The molecule has 9 heteroatoms. The topological polar surface area (TPSA) is 95.7 Å². The second-order valence-electron chi connectivity index (χ2n) is 8.27. The van der Waals surface area contributed by atoms with Gasteiger partial charge in [0.15, 0.2) is 0 Å². The summed E-state index contributed by atoms with van der Waals surface area (Å²) in [5, 5.41) is 15.4. The molecule has 172 valence electrons. The first-order chi connectivity index (χ1) is 16.3. The van der Waals surface area contributed by atoms with Crippen molar-refractivity contribution in [2.24, 2.45) is 0 Å². The lowest BCUT2D eigenvalue weighted by molar-refractivity contribution is 0.0853. The summed E-state index contributed by atoms with van der Waals surface area (Å²) < 4.78 is 30.6. The van der Waals surface area contributed by atoms with E-state index in [1.165, 1.54) is 6.20 Å². The molecule has 2 atom stereocenters. The Labute approximate surface area is 193 Å². The molecule has 0 saturated carbocycles. The lowest BCUT2D eigenvalue weighted by Crippen LogP contribution is -2.34. The third kappa shape index (κ3) is 3.80. The third-order valence-corrected chi connectivity index (χ3v) is 5.93. The summed E-state index contributed by atoms with van der Waals surface area (Å²) >= 11 is 0. The number of hydrogen-bond donors (Lipinski definition) is 3. The number of aryl methyl sites for hydroxylation is 1. The normalized spacial score (nSPS) is 16.9. The van der Waals surface area contributed by atoms with Crippen LogP contribution in [0.2, 0.25) is 0 Å². The molecule has 2 aromatic carbocycles. The predicted molar refractivity (Wildman–Crippen MR) is 121 cm³/mol. The number of imidazole rings is 1. The molecule has 4 aromatic rings. The zero-order valence-corrected chi connectivity index (χ0v) is 18.0. The van der Waals surface area contributed by atoms with E-state index in [1.54, 1.807) is 28.8 Å². The number of carbonyl (C=O) groups excluding carboxylic acids is 2. The average molecular weight is 462 g/mol. The summed E-state index contributed by atoms with van der Waals surface area (Å²) in [6.07, 6.45) is 2.54. The van der Waals surface area contributed by atoms with Crippen molar-refractivity contribution in [1.82, 2.24) is 14.7 Å². The van der Waals surface area contributed by atoms with Gasteiger partial charge in [0.05, 0.1) is 29.6 Å². The second kappa shape index (κ2) is 8.35. The highest BCUT2D eigenvalue weighted by Gasteiger charge is 2.33. The highest BCUT2D eigenvalue weighted by molar-refractivity contribution is 6.04. The Morgan fingerprint density at radius 3 is 2.71 bits per heavy atom. The van der Waals surface area contributed by atoms with Gasteiger partial charge in [-0.1, -0.05) is 30.3 Å². The van der Waals surface area contributed by atoms with Crippen LogP contribution >= 0.6 is 0 Å². The number of aliphatic hydroxyl groups excluding tert-OH is 1. The number of aliphatic hydroxyl groups is 1. The number of nitrogens with one attached hydrogen (secondary N) is 2. The molecule has 5 rings (SSSR count). The zero-order chi connectivity index (χ0) is 24.0. The van der Waals surface area contributed by atoms with E-state index >= 15 is 0 Å². The molecular formula is C25H20F2N4O3. The first-order valence-electron chi connectivity index (χ1n) is 10.6. The van der Waals surface area contributed by atoms with Crippen molar-refractivity contribution in [1.29, 1.82) is 0 Å². The quantitative estimate of drug-likeness (QED) is 0.432. The summed E-state index contributed by atoms with van der Waals surface area (Å²) in [6, 6.07) is 11.6. The van der Waals surface area contributed by atoms with Crippen molar-refractivity contribution < 1.29 is 23.5 Å². The molecule has 0 unspecified atom stereocenters. The van der Waals surface area contributed by atoms with E-state index in [9.17, 15) is 23.5 Å². The maximum Gasteiger partial charge on any atom is 0.274 e. The van der Waals surface area contributed by atoms with Crippen molar-refractivity contribution in [3.05, 3.63) is 101 Å². The van der Waals surface area contributed by atoms with Gasteiger partial charge in [0.2, 0.25) is 0 Å². The Bertz CT molecular complexity index is 1450. The number of carbonyl (C=O) groups is 2. The number of pyridine rings is 1. The van der Waals surface area contributed by atoms with Crippen LogP contribution in [0.15, 0.2) is 60.9 Å². The number of amides is 2. The van der Waals surface area contributed by atoms with Crippen LogP contribution in [0.4, 0.5) is 14.5 Å². The largest absolute Gasteiger partial charge is 0.390 e. The molecule has 0 spiro atoms. The molecule has 2 aromatic heterocycles. The zero-order valence-electron chi connectivity index (χ0n) is 18.0. The Morgan fingerprint density at radius 2 is 1.88 bits per heavy atom. The Balaban J connectivity index is 1.41. The van der Waals surface area contributed by atoms with E-state index in [4.69, 9.17) is 0 Å². The number of anilines is 1. The molecule has 0 bridgehead atoms. The average Bonchev–Trinajstić information content (AvgIpc) is 3.36. The van der Waals surface area contributed by atoms with Gasteiger partial charge in [-0.05, 0) is 35.7 Å². The van der Waals surface area contributed by atoms with E-state index in [0.717, 1.165) is 22.8 Å². The van der Waals surface area contributed by atoms with Crippen LogP contribution < -0.4 is 10.6 Å². The van der Waals surface area contributed by atoms with Gasteiger partial charge in [-0.25, -0.2) is 13.8 Å². The molecule has 0 radical (unpaired) electrons. The van der Waals surface area contributed by atoms with Gasteiger partial charge < -0.3 is 15.7 Å². The van der Waals surface area contributed by atoms with Crippen LogP contribution in [0.5, 0.6) is 0 Å². The smallest absolute Gasteiger partial charge is 0.274 e. The molecular weight excluding hydrogens is 442 g/mol. The fourth-order valence-electron chi connectivity index (χ4n) is 4.23. The van der Waals surface area contributed by atoms with Gasteiger partial charge in [-0.2, -0.15) is 0 Å². The van der Waals surface area contributed by atoms with Gasteiger partial charge in [0, 0.05) is 18.7 Å². The van der Waals surface area contributed by atoms with Gasteiger partial charge in [0.25, 0.3) is 11.8 Å². The molecule has 34 heavy (non-hydrogen) atoms. The van der Waals surface area contributed by atoms with Crippen molar-refractivity contribution in [3.63, 3.8) is 0 Å². The Hall–Kier alpha value is -4.11. The van der Waals surface area contributed by atoms with Crippen molar-refractivity contribution in [3.8, 4) is 0 Å². The van der Waals surface area contributed by atoms with Crippen LogP contribution in [-0.4, -0.2) is 32.4 Å². The highest BCUT2D eigenvalue weighted by Crippen LogP contribution is 2.32. The highest BCUT2D eigenvalue weighted by atomic mass is 19.1. The first-order valence-corrected chi connectivity index (χ1v) is 10.6. The molecule has 0 saturated heterocycles. The fraction of sp³-hybridized carbons (Fsp3) is 0.160. The Morgan fingerprint density at radius 1 is 1.09 bits per heavy atom. The Kier molecular flexibility index (Phi) is 5.33. The number of aromatic nitrogens is 2. The molecule has 1 aliphatic carbocycles. The number of benzene rings is 2. The summed E-state index contributed by atoms with van der Waals surface area (Å²) in [5.74, 6) is -3.62. The number of fused-ring (bicyclic) bond motifs is 2. The molecule has 1 aliphatic rings. The van der Waals surface area contributed by atoms with E-state index < -0.39 is 41.2 Å². The summed E-state index contributed by atoms with van der Waals surface area (Å²) in [7, 11) is 0. The SMILES string of the molecule is Cc1ccc2ncc(C(=O)Nc3cc(C(=O)N[C@@H]4c5ccccc5C[C@@H]4O)c(F)cc3F)n2c1. The predicted octanol–water partition coefficient (Wildman–Crippen LogP) is 3.56. The lowest BCUT2D eigenvalue weighted by atomic mass is 10.1. The van der Waals surface area contributed by atoms with Crippen LogP contribution in [0.1, 0.15) is 43.6 Å². The van der Waals surface area contributed by atoms with E-state index in [-0.39, 0.29) is 11.4 Å². The summed E-state index contributed by atoms with van der Waals surface area (Å²) in [5.41, 5.74) is 2.39. The second-order valence-corrected chi connectivity index (χ2v) is 8.27. The van der Waals surface area contributed by atoms with E-state index in [2.05, 4.69) is 15.6 Å². The van der Waals surface area contributed by atoms with Gasteiger partial charge >= 0.3 is 0 Å². The minimum atomic E-state index is -1.08. The minimum Gasteiger partial charge on any atom is -0.390 e. The summed E-state index contributed by atoms with van der Waals surface area (Å²) in [4.78, 5) is 29.8. The van der Waals surface area contributed by atoms with Crippen LogP contribution in [0.3, 0.4) is 0 Å². The maximum atomic E-state index is 14.5. The van der Waals surface area contributed by atoms with E-state index in [0.29, 0.717) is 18.1 Å². The number of hydrogen-bond acceptors (Lipinski definition) is 4. The van der Waals surface area contributed by atoms with Crippen molar-refractivity contribution in [2.45, 2.75) is 25.5 Å². The van der Waals surface area contributed by atoms with Crippen molar-refractivity contribution in [2.75, 3.05) is 5.32 Å².